The van der Waals surface area contributed by atoms with Crippen LogP contribution in [0.5, 0.6) is 0 Å². The molecule has 0 heterocycles. The van der Waals surface area contributed by atoms with E-state index < -0.39 is 17.1 Å². The molecule has 0 amide bonds. The van der Waals surface area contributed by atoms with Crippen molar-refractivity contribution in [3.05, 3.63) is 24.3 Å². The van der Waals surface area contributed by atoms with E-state index in [1.165, 1.54) is 0 Å². The molecular weight excluding hydrogens is 408 g/mol. The highest BCUT2D eigenvalue weighted by Gasteiger charge is 2.44. The molecule has 0 radical (unpaired) electrons. The molecule has 0 unspecified atom stereocenters. The molecule has 1 aromatic rings. The molecule has 30 heavy (non-hydrogen) atoms. The zero-order valence-corrected chi connectivity index (χ0v) is 23.9. The standard InChI is InChI=1S/C24H46O4Si2/c1-21(2,3)25-29(13,26-22(4,5)6)19-15-17-20(18-16-19)30(14,27-23(7,8)9)28-24(10,11)12/h15-18H,1-14H3. The van der Waals surface area contributed by atoms with E-state index in [1.54, 1.807) is 0 Å². The molecule has 0 aliphatic carbocycles. The first-order chi connectivity index (χ1) is 13.0. The highest BCUT2D eigenvalue weighted by molar-refractivity contribution is 6.81. The lowest BCUT2D eigenvalue weighted by Gasteiger charge is -2.40. The van der Waals surface area contributed by atoms with Crippen LogP contribution in [-0.4, -0.2) is 39.5 Å². The molecule has 0 N–H and O–H groups in total. The molecule has 0 aromatic heterocycles. The van der Waals surface area contributed by atoms with Crippen LogP contribution in [0.25, 0.3) is 0 Å². The molecule has 1 aromatic carbocycles. The van der Waals surface area contributed by atoms with Gasteiger partial charge in [-0.25, -0.2) is 0 Å². The minimum absolute atomic E-state index is 0.293. The first-order valence-electron chi connectivity index (χ1n) is 11.0. The van der Waals surface area contributed by atoms with Crippen LogP contribution < -0.4 is 10.4 Å². The summed E-state index contributed by atoms with van der Waals surface area (Å²) in [7, 11) is -5.28. The van der Waals surface area contributed by atoms with Crippen molar-refractivity contribution < 1.29 is 17.7 Å². The lowest BCUT2D eigenvalue weighted by molar-refractivity contribution is 0.0239. The summed E-state index contributed by atoms with van der Waals surface area (Å²) < 4.78 is 26.2. The van der Waals surface area contributed by atoms with Crippen LogP contribution in [0.15, 0.2) is 24.3 Å². The summed E-state index contributed by atoms with van der Waals surface area (Å²) in [5, 5.41) is 2.22. The van der Waals surface area contributed by atoms with Crippen LogP contribution >= 0.6 is 0 Å². The smallest absolute Gasteiger partial charge is 0.370 e. The first kappa shape index (κ1) is 27.5. The number of benzene rings is 1. The van der Waals surface area contributed by atoms with Crippen molar-refractivity contribution in [3.8, 4) is 0 Å². The second-order valence-electron chi connectivity index (χ2n) is 12.3. The van der Waals surface area contributed by atoms with Gasteiger partial charge in [0, 0.05) is 0 Å². The van der Waals surface area contributed by atoms with Crippen LogP contribution in [0.3, 0.4) is 0 Å². The zero-order valence-electron chi connectivity index (χ0n) is 21.9. The van der Waals surface area contributed by atoms with Crippen LogP contribution in [0.2, 0.25) is 13.1 Å². The van der Waals surface area contributed by atoms with Gasteiger partial charge in [-0.2, -0.15) is 0 Å². The van der Waals surface area contributed by atoms with Gasteiger partial charge in [0.25, 0.3) is 0 Å². The average molecular weight is 455 g/mol. The van der Waals surface area contributed by atoms with Gasteiger partial charge in [0.1, 0.15) is 0 Å². The third-order valence-corrected chi connectivity index (χ3v) is 10.7. The first-order valence-corrected chi connectivity index (χ1v) is 15.6. The van der Waals surface area contributed by atoms with E-state index in [0.29, 0.717) is 0 Å². The van der Waals surface area contributed by atoms with Gasteiger partial charge in [-0.05, 0) is 107 Å². The van der Waals surface area contributed by atoms with Crippen molar-refractivity contribution >= 4 is 27.5 Å². The molecule has 0 saturated heterocycles. The number of rotatable bonds is 6. The minimum Gasteiger partial charge on any atom is -0.386 e. The van der Waals surface area contributed by atoms with E-state index in [4.69, 9.17) is 17.7 Å². The number of hydrogen-bond acceptors (Lipinski definition) is 4. The summed E-state index contributed by atoms with van der Waals surface area (Å²) in [5.41, 5.74) is -1.17. The Hall–Kier alpha value is -0.506. The van der Waals surface area contributed by atoms with E-state index in [-0.39, 0.29) is 22.4 Å². The van der Waals surface area contributed by atoms with Crippen LogP contribution in [0.4, 0.5) is 0 Å². The predicted octanol–water partition coefficient (Wildman–Crippen LogP) is 5.51. The Morgan fingerprint density at radius 2 is 0.600 bits per heavy atom. The molecule has 0 saturated carbocycles. The zero-order chi connectivity index (χ0) is 23.8. The molecule has 0 aliphatic rings. The van der Waals surface area contributed by atoms with E-state index in [2.05, 4.69) is 120 Å². The highest BCUT2D eigenvalue weighted by Crippen LogP contribution is 2.26. The maximum absolute atomic E-state index is 6.54. The molecule has 0 fully saturated rings. The maximum Gasteiger partial charge on any atom is 0.370 e. The summed E-state index contributed by atoms with van der Waals surface area (Å²) in [5.74, 6) is 0. The van der Waals surface area contributed by atoms with Crippen LogP contribution in [-0.2, 0) is 17.7 Å². The van der Waals surface area contributed by atoms with Gasteiger partial charge >= 0.3 is 17.1 Å². The van der Waals surface area contributed by atoms with Crippen molar-refractivity contribution in [2.24, 2.45) is 0 Å². The van der Waals surface area contributed by atoms with Gasteiger partial charge in [0.05, 0.1) is 22.4 Å². The summed E-state index contributed by atoms with van der Waals surface area (Å²) in [6.07, 6.45) is 0. The summed E-state index contributed by atoms with van der Waals surface area (Å²) in [6, 6.07) is 8.56. The second kappa shape index (κ2) is 8.79. The lowest BCUT2D eigenvalue weighted by atomic mass is 10.2. The summed E-state index contributed by atoms with van der Waals surface area (Å²) in [4.78, 5) is 0. The Bertz CT molecular complexity index is 593. The predicted molar refractivity (Wildman–Crippen MR) is 132 cm³/mol. The fourth-order valence-electron chi connectivity index (χ4n) is 3.69. The quantitative estimate of drug-likeness (QED) is 0.531. The van der Waals surface area contributed by atoms with Crippen LogP contribution in [0, 0.1) is 0 Å². The Balaban J connectivity index is 3.41. The SMILES string of the molecule is CC(C)(C)O[Si](C)(OC(C)(C)C)c1ccc([Si](C)(OC(C)(C)C)OC(C)(C)C)cc1. The van der Waals surface area contributed by atoms with Crippen molar-refractivity contribution in [3.63, 3.8) is 0 Å². The second-order valence-corrected chi connectivity index (χ2v) is 18.1. The fourth-order valence-corrected chi connectivity index (χ4v) is 10.5. The monoisotopic (exact) mass is 454 g/mol. The van der Waals surface area contributed by atoms with E-state index in [9.17, 15) is 0 Å². The Kier molecular flexibility index (Phi) is 8.07. The number of hydrogen-bond donors (Lipinski definition) is 0. The van der Waals surface area contributed by atoms with E-state index >= 15 is 0 Å². The van der Waals surface area contributed by atoms with Gasteiger partial charge in [0.15, 0.2) is 0 Å². The normalized spacial score (nSPS) is 14.9. The molecule has 0 bridgehead atoms. The molecule has 174 valence electrons. The average Bonchev–Trinajstić information content (AvgIpc) is 2.39. The fraction of sp³-hybridized carbons (Fsp3) is 0.750. The summed E-state index contributed by atoms with van der Waals surface area (Å²) >= 11 is 0. The highest BCUT2D eigenvalue weighted by atomic mass is 28.4. The van der Waals surface area contributed by atoms with Gasteiger partial charge in [-0.15, -0.1) is 0 Å². The van der Waals surface area contributed by atoms with Crippen molar-refractivity contribution in [2.75, 3.05) is 0 Å². The topological polar surface area (TPSA) is 36.9 Å². The molecule has 0 atom stereocenters. The minimum atomic E-state index is -2.64. The van der Waals surface area contributed by atoms with E-state index in [1.807, 2.05) is 0 Å². The van der Waals surface area contributed by atoms with E-state index in [0.717, 1.165) is 10.4 Å². The molecular formula is C24H46O4Si2. The molecule has 1 rings (SSSR count). The van der Waals surface area contributed by atoms with Crippen molar-refractivity contribution in [1.29, 1.82) is 0 Å². The molecule has 6 heteroatoms. The molecule has 0 spiro atoms. The Morgan fingerprint density at radius 3 is 0.733 bits per heavy atom. The van der Waals surface area contributed by atoms with Crippen molar-refractivity contribution in [1.82, 2.24) is 0 Å². The van der Waals surface area contributed by atoms with Gasteiger partial charge in [-0.1, -0.05) is 24.3 Å². The van der Waals surface area contributed by atoms with Gasteiger partial charge in [-0.3, -0.25) is 0 Å². The third kappa shape index (κ3) is 9.32. The van der Waals surface area contributed by atoms with Crippen molar-refractivity contribution in [2.45, 2.75) is 119 Å². The van der Waals surface area contributed by atoms with Crippen LogP contribution in [0.1, 0.15) is 83.1 Å². The lowest BCUT2D eigenvalue weighted by Crippen LogP contribution is -2.60. The van der Waals surface area contributed by atoms with Gasteiger partial charge < -0.3 is 17.7 Å². The van der Waals surface area contributed by atoms with Gasteiger partial charge in [0.2, 0.25) is 0 Å². The Labute approximate surface area is 188 Å². The molecule has 0 aliphatic heterocycles. The maximum atomic E-state index is 6.54. The summed E-state index contributed by atoms with van der Waals surface area (Å²) in [6.45, 7) is 29.2. The Morgan fingerprint density at radius 1 is 0.433 bits per heavy atom. The molecule has 4 nitrogen and oxygen atoms in total. The third-order valence-electron chi connectivity index (χ3n) is 3.94. The largest absolute Gasteiger partial charge is 0.386 e.